The number of nitrogens with zero attached hydrogens (tertiary/aromatic N) is 4. The van der Waals surface area contributed by atoms with Gasteiger partial charge in [0.25, 0.3) is 17.4 Å². The summed E-state index contributed by atoms with van der Waals surface area (Å²) in [5, 5.41) is 13.6. The van der Waals surface area contributed by atoms with Gasteiger partial charge in [0.1, 0.15) is 0 Å². The highest BCUT2D eigenvalue weighted by Gasteiger charge is 2.62. The predicted octanol–water partition coefficient (Wildman–Crippen LogP) is 8.31. The highest BCUT2D eigenvalue weighted by molar-refractivity contribution is 6.35. The van der Waals surface area contributed by atoms with Gasteiger partial charge in [-0.1, -0.05) is 77.3 Å². The van der Waals surface area contributed by atoms with Crippen molar-refractivity contribution in [3.63, 3.8) is 0 Å². The number of methoxy groups -OCH3 is 1. The van der Waals surface area contributed by atoms with Crippen LogP contribution in [0.5, 0.6) is 0 Å². The van der Waals surface area contributed by atoms with E-state index in [0.29, 0.717) is 37.6 Å². The second-order valence-corrected chi connectivity index (χ2v) is 9.78. The third-order valence-corrected chi connectivity index (χ3v) is 6.98. The molecular formula is C27H18Cl3F3N4O2. The number of rotatable bonds is 6. The number of ether oxygens (including phenoxy) is 1. The van der Waals surface area contributed by atoms with E-state index in [9.17, 15) is 13.2 Å². The van der Waals surface area contributed by atoms with Gasteiger partial charge in [-0.2, -0.15) is 18.3 Å². The van der Waals surface area contributed by atoms with E-state index in [2.05, 4.69) is 15.3 Å². The molecule has 0 aliphatic rings. The summed E-state index contributed by atoms with van der Waals surface area (Å²) in [7, 11) is 0.936. The Morgan fingerprint density at radius 3 is 2.15 bits per heavy atom. The molecule has 6 nitrogen and oxygen atoms in total. The molecule has 0 radical (unpaired) electrons. The topological polar surface area (TPSA) is 66.0 Å². The van der Waals surface area contributed by atoms with Crippen molar-refractivity contribution in [3.8, 4) is 28.5 Å². The molecule has 12 heteroatoms. The first kappa shape index (κ1) is 27.2. The van der Waals surface area contributed by atoms with Crippen LogP contribution >= 0.6 is 34.8 Å². The monoisotopic (exact) mass is 592 g/mol. The molecule has 0 saturated carbocycles. The molecule has 200 valence electrons. The zero-order valence-electron chi connectivity index (χ0n) is 20.3. The molecule has 5 aromatic rings. The molecule has 0 N–H and O–H groups in total. The van der Waals surface area contributed by atoms with Crippen molar-refractivity contribution >= 4 is 34.8 Å². The van der Waals surface area contributed by atoms with Crippen LogP contribution < -0.4 is 0 Å². The molecule has 0 amide bonds. The van der Waals surface area contributed by atoms with Gasteiger partial charge in [-0.3, -0.25) is 0 Å². The van der Waals surface area contributed by atoms with E-state index in [1.165, 1.54) is 24.3 Å². The highest BCUT2D eigenvalue weighted by atomic mass is 35.5. The van der Waals surface area contributed by atoms with Crippen molar-refractivity contribution in [3.05, 3.63) is 105 Å². The third-order valence-electron chi connectivity index (χ3n) is 6.19. The zero-order valence-corrected chi connectivity index (χ0v) is 22.6. The van der Waals surface area contributed by atoms with Crippen LogP contribution in [0.25, 0.3) is 28.5 Å². The maximum atomic E-state index is 14.5. The average Bonchev–Trinajstić information content (AvgIpc) is 3.50. The molecule has 0 bridgehead atoms. The van der Waals surface area contributed by atoms with Crippen molar-refractivity contribution in [2.45, 2.75) is 18.7 Å². The fraction of sp³-hybridized carbons (Fsp3) is 0.148. The van der Waals surface area contributed by atoms with Gasteiger partial charge in [0.05, 0.1) is 16.4 Å². The van der Waals surface area contributed by atoms with E-state index in [-0.39, 0.29) is 17.1 Å². The van der Waals surface area contributed by atoms with Crippen molar-refractivity contribution < 1.29 is 22.3 Å². The molecule has 1 unspecified atom stereocenters. The van der Waals surface area contributed by atoms with E-state index in [1.54, 1.807) is 60.1 Å². The molecule has 0 saturated heterocycles. The maximum Gasteiger partial charge on any atom is 0.430 e. The number of halogens is 6. The molecule has 2 aromatic heterocycles. The molecule has 39 heavy (non-hydrogen) atoms. The quantitative estimate of drug-likeness (QED) is 0.198. The molecule has 0 aliphatic carbocycles. The van der Waals surface area contributed by atoms with Crippen LogP contribution in [0.2, 0.25) is 15.1 Å². The SMILES string of the molecule is COC(c1ccccc1)(c1nnc(-c2nn(-c3ccc(Cl)cc3Cl)c(-c3ccc(Cl)cc3)c2C)o1)C(F)(F)F. The summed E-state index contributed by atoms with van der Waals surface area (Å²) in [6.45, 7) is 1.74. The summed E-state index contributed by atoms with van der Waals surface area (Å²) in [5.41, 5.74) is -0.722. The summed E-state index contributed by atoms with van der Waals surface area (Å²) in [6, 6.07) is 18.9. The highest BCUT2D eigenvalue weighted by Crippen LogP contribution is 2.47. The normalized spacial score (nSPS) is 13.4. The summed E-state index contributed by atoms with van der Waals surface area (Å²) in [6.07, 6.45) is -4.92. The Labute approximate surface area is 235 Å². The lowest BCUT2D eigenvalue weighted by molar-refractivity contribution is -0.265. The molecule has 3 aromatic carbocycles. The Morgan fingerprint density at radius 1 is 0.872 bits per heavy atom. The Morgan fingerprint density at radius 2 is 1.54 bits per heavy atom. The van der Waals surface area contributed by atoms with E-state index in [0.717, 1.165) is 7.11 Å². The van der Waals surface area contributed by atoms with Crippen LogP contribution in [-0.2, 0) is 10.3 Å². The number of benzene rings is 3. The van der Waals surface area contributed by atoms with Crippen LogP contribution in [0, 0.1) is 6.92 Å². The molecule has 5 rings (SSSR count). The van der Waals surface area contributed by atoms with Gasteiger partial charge < -0.3 is 9.15 Å². The number of hydrogen-bond acceptors (Lipinski definition) is 5. The first-order chi connectivity index (χ1) is 18.6. The van der Waals surface area contributed by atoms with Gasteiger partial charge in [-0.15, -0.1) is 10.2 Å². The lowest BCUT2D eigenvalue weighted by atomic mass is 9.92. The van der Waals surface area contributed by atoms with Crippen molar-refractivity contribution in [1.29, 1.82) is 0 Å². The van der Waals surface area contributed by atoms with Gasteiger partial charge in [0.2, 0.25) is 0 Å². The van der Waals surface area contributed by atoms with Crippen molar-refractivity contribution in [2.75, 3.05) is 7.11 Å². The van der Waals surface area contributed by atoms with Crippen LogP contribution in [0.4, 0.5) is 13.2 Å². The molecular weight excluding hydrogens is 576 g/mol. The standard InChI is InChI=1S/C27H18Cl3F3N4O2/c1-15-22(24-34-35-25(39-24)26(38-2,27(31,32)33)17-6-4-3-5-7-17)36-37(21-13-12-19(29)14-20(21)30)23(15)16-8-10-18(28)11-9-16/h3-14H,1-2H3. The minimum absolute atomic E-state index is 0.157. The van der Waals surface area contributed by atoms with Crippen molar-refractivity contribution in [2.24, 2.45) is 0 Å². The Balaban J connectivity index is 1.72. The zero-order chi connectivity index (χ0) is 27.9. The fourth-order valence-corrected chi connectivity index (χ4v) is 4.95. The fourth-order valence-electron chi connectivity index (χ4n) is 4.34. The van der Waals surface area contributed by atoms with Crippen LogP contribution in [0.15, 0.2) is 77.2 Å². The lowest BCUT2D eigenvalue weighted by Gasteiger charge is -2.31. The van der Waals surface area contributed by atoms with Gasteiger partial charge in [-0.05, 0) is 37.3 Å². The number of hydrogen-bond donors (Lipinski definition) is 0. The van der Waals surface area contributed by atoms with Crippen LogP contribution in [-0.4, -0.2) is 33.3 Å². The maximum absolute atomic E-state index is 14.5. The van der Waals surface area contributed by atoms with E-state index >= 15 is 0 Å². The molecule has 0 fully saturated rings. The first-order valence-electron chi connectivity index (χ1n) is 11.4. The summed E-state index contributed by atoms with van der Waals surface area (Å²) in [5.74, 6) is -1.02. The Bertz CT molecular complexity index is 1640. The van der Waals surface area contributed by atoms with Crippen molar-refractivity contribution in [1.82, 2.24) is 20.0 Å². The molecule has 2 heterocycles. The van der Waals surface area contributed by atoms with Gasteiger partial charge in [-0.25, -0.2) is 4.68 Å². The van der Waals surface area contributed by atoms with Gasteiger partial charge in [0.15, 0.2) is 5.69 Å². The molecule has 1 atom stereocenters. The predicted molar refractivity (Wildman–Crippen MR) is 142 cm³/mol. The van der Waals surface area contributed by atoms with Gasteiger partial charge in [0, 0.05) is 33.8 Å². The lowest BCUT2D eigenvalue weighted by Crippen LogP contribution is -2.45. The average molecular weight is 594 g/mol. The Hall–Kier alpha value is -3.37. The Kier molecular flexibility index (Phi) is 7.19. The van der Waals surface area contributed by atoms with Crippen LogP contribution in [0.3, 0.4) is 0 Å². The molecule has 0 aliphatic heterocycles. The first-order valence-corrected chi connectivity index (χ1v) is 12.5. The minimum Gasteiger partial charge on any atom is -0.415 e. The summed E-state index contributed by atoms with van der Waals surface area (Å²) >= 11 is 18.7. The number of alkyl halides is 3. The summed E-state index contributed by atoms with van der Waals surface area (Å²) in [4.78, 5) is 0. The minimum atomic E-state index is -4.92. The number of aromatic nitrogens is 4. The summed E-state index contributed by atoms with van der Waals surface area (Å²) < 4.78 is 55.9. The van der Waals surface area contributed by atoms with Gasteiger partial charge >= 0.3 is 6.18 Å². The van der Waals surface area contributed by atoms with E-state index in [1.807, 2.05) is 0 Å². The second kappa shape index (κ2) is 10.3. The van der Waals surface area contributed by atoms with Crippen LogP contribution in [0.1, 0.15) is 17.0 Å². The smallest absolute Gasteiger partial charge is 0.415 e. The third kappa shape index (κ3) is 4.69. The molecule has 0 spiro atoms. The van der Waals surface area contributed by atoms with E-state index in [4.69, 9.17) is 44.0 Å². The van der Waals surface area contributed by atoms with E-state index < -0.39 is 17.7 Å². The largest absolute Gasteiger partial charge is 0.430 e. The second-order valence-electron chi connectivity index (χ2n) is 8.50.